The van der Waals surface area contributed by atoms with Gasteiger partial charge in [0.1, 0.15) is 11.9 Å². The number of fused-ring (bicyclic) bond motifs is 1. The molecule has 0 spiro atoms. The lowest BCUT2D eigenvalue weighted by Crippen LogP contribution is -2.48. The average Bonchev–Trinajstić information content (AvgIpc) is 3.18. The van der Waals surface area contributed by atoms with Gasteiger partial charge in [-0.15, -0.1) is 0 Å². The third kappa shape index (κ3) is 3.18. The Morgan fingerprint density at radius 2 is 1.96 bits per heavy atom. The highest BCUT2D eigenvalue weighted by molar-refractivity contribution is 5.92. The fourth-order valence-corrected chi connectivity index (χ4v) is 3.66. The number of hydrogen-bond acceptors (Lipinski definition) is 2. The molecule has 0 saturated carbocycles. The number of aromatic nitrogens is 2. The predicted molar refractivity (Wildman–Crippen MR) is 102 cm³/mol. The standard InChI is InChI=1S/C21H21FN4O/c1-2-25(17-6-4-3-5-7-17)21(27)26-13-12-18-19(24-14-23-18)20(26)15-8-10-16(22)11-9-15/h3-11,14,20H,2,12-13H2,1H3,(H,23,24). The van der Waals surface area contributed by atoms with E-state index in [0.717, 1.165) is 22.6 Å². The number of amides is 2. The lowest BCUT2D eigenvalue weighted by Gasteiger charge is -2.38. The van der Waals surface area contributed by atoms with E-state index in [-0.39, 0.29) is 17.9 Å². The molecule has 2 heterocycles. The number of carbonyl (C=O) groups excluding carboxylic acids is 1. The number of halogens is 1. The van der Waals surface area contributed by atoms with Crippen molar-refractivity contribution in [3.63, 3.8) is 0 Å². The van der Waals surface area contributed by atoms with E-state index >= 15 is 0 Å². The van der Waals surface area contributed by atoms with E-state index in [0.29, 0.717) is 19.5 Å². The zero-order chi connectivity index (χ0) is 18.8. The summed E-state index contributed by atoms with van der Waals surface area (Å²) in [6, 6.07) is 15.5. The molecule has 5 nitrogen and oxygen atoms in total. The molecule has 1 aliphatic heterocycles. The number of carbonyl (C=O) groups is 1. The number of nitrogens with zero attached hydrogens (tertiary/aromatic N) is 3. The quantitative estimate of drug-likeness (QED) is 0.759. The van der Waals surface area contributed by atoms with Gasteiger partial charge in [-0.25, -0.2) is 14.2 Å². The fraction of sp³-hybridized carbons (Fsp3) is 0.238. The summed E-state index contributed by atoms with van der Waals surface area (Å²) in [4.78, 5) is 24.7. The van der Waals surface area contributed by atoms with Gasteiger partial charge in [-0.2, -0.15) is 0 Å². The number of anilines is 1. The molecule has 2 aromatic carbocycles. The summed E-state index contributed by atoms with van der Waals surface area (Å²) in [5, 5.41) is 0. The molecule has 1 N–H and O–H groups in total. The second-order valence-electron chi connectivity index (χ2n) is 6.53. The zero-order valence-electron chi connectivity index (χ0n) is 15.1. The second-order valence-corrected chi connectivity index (χ2v) is 6.53. The minimum absolute atomic E-state index is 0.0772. The Balaban J connectivity index is 1.73. The van der Waals surface area contributed by atoms with Crippen molar-refractivity contribution in [3.8, 4) is 0 Å². The van der Waals surface area contributed by atoms with E-state index in [4.69, 9.17) is 0 Å². The highest BCUT2D eigenvalue weighted by Crippen LogP contribution is 2.34. The summed E-state index contributed by atoms with van der Waals surface area (Å²) in [5.41, 5.74) is 3.55. The summed E-state index contributed by atoms with van der Waals surface area (Å²) in [6.07, 6.45) is 2.37. The fourth-order valence-electron chi connectivity index (χ4n) is 3.66. The van der Waals surface area contributed by atoms with Crippen LogP contribution in [0, 0.1) is 5.82 Å². The summed E-state index contributed by atoms with van der Waals surface area (Å²) in [6.45, 7) is 3.09. The molecule has 0 aliphatic carbocycles. The van der Waals surface area contributed by atoms with Crippen LogP contribution in [0.4, 0.5) is 14.9 Å². The minimum atomic E-state index is -0.342. The number of H-pyrrole nitrogens is 1. The van der Waals surface area contributed by atoms with Crippen LogP contribution in [0.25, 0.3) is 0 Å². The average molecular weight is 364 g/mol. The number of hydrogen-bond donors (Lipinski definition) is 1. The molecule has 4 rings (SSSR count). The van der Waals surface area contributed by atoms with E-state index in [1.807, 2.05) is 42.2 Å². The molecule has 138 valence electrons. The van der Waals surface area contributed by atoms with Gasteiger partial charge in [0.2, 0.25) is 0 Å². The Morgan fingerprint density at radius 3 is 2.67 bits per heavy atom. The van der Waals surface area contributed by atoms with Gasteiger partial charge in [-0.1, -0.05) is 30.3 Å². The van der Waals surface area contributed by atoms with Gasteiger partial charge in [0, 0.05) is 30.9 Å². The molecule has 0 bridgehead atoms. The first-order valence-electron chi connectivity index (χ1n) is 9.10. The molecular formula is C21H21FN4O. The van der Waals surface area contributed by atoms with Gasteiger partial charge in [0.05, 0.1) is 12.0 Å². The Morgan fingerprint density at radius 1 is 1.22 bits per heavy atom. The van der Waals surface area contributed by atoms with E-state index < -0.39 is 0 Å². The molecule has 0 fully saturated rings. The zero-order valence-corrected chi connectivity index (χ0v) is 15.1. The Kier molecular flexibility index (Phi) is 4.62. The molecule has 1 atom stereocenters. The van der Waals surface area contributed by atoms with Crippen LogP contribution in [0.5, 0.6) is 0 Å². The number of rotatable bonds is 3. The van der Waals surface area contributed by atoms with Crippen molar-refractivity contribution < 1.29 is 9.18 Å². The van der Waals surface area contributed by atoms with Gasteiger partial charge in [-0.05, 0) is 36.8 Å². The molecule has 1 unspecified atom stereocenters. The molecule has 6 heteroatoms. The molecule has 3 aromatic rings. The van der Waals surface area contributed by atoms with Crippen LogP contribution in [0.15, 0.2) is 60.9 Å². The van der Waals surface area contributed by atoms with Crippen molar-refractivity contribution >= 4 is 11.7 Å². The number of benzene rings is 2. The van der Waals surface area contributed by atoms with Gasteiger partial charge in [0.15, 0.2) is 0 Å². The van der Waals surface area contributed by atoms with Crippen molar-refractivity contribution in [1.82, 2.24) is 14.9 Å². The van der Waals surface area contributed by atoms with Crippen molar-refractivity contribution in [1.29, 1.82) is 0 Å². The molecular weight excluding hydrogens is 343 g/mol. The van der Waals surface area contributed by atoms with Crippen molar-refractivity contribution in [2.45, 2.75) is 19.4 Å². The molecule has 0 radical (unpaired) electrons. The van der Waals surface area contributed by atoms with E-state index in [9.17, 15) is 9.18 Å². The van der Waals surface area contributed by atoms with Crippen molar-refractivity contribution in [2.75, 3.05) is 18.0 Å². The van der Waals surface area contributed by atoms with Crippen LogP contribution in [0.1, 0.15) is 29.9 Å². The minimum Gasteiger partial charge on any atom is -0.348 e. The smallest absolute Gasteiger partial charge is 0.325 e. The van der Waals surface area contributed by atoms with Crippen LogP contribution in [-0.2, 0) is 6.42 Å². The first-order chi connectivity index (χ1) is 13.2. The molecule has 1 aromatic heterocycles. The van der Waals surface area contributed by atoms with Crippen molar-refractivity contribution in [2.24, 2.45) is 0 Å². The van der Waals surface area contributed by atoms with Crippen LogP contribution in [-0.4, -0.2) is 34.0 Å². The number of para-hydroxylation sites is 1. The number of imidazole rings is 1. The molecule has 2 amide bonds. The lowest BCUT2D eigenvalue weighted by atomic mass is 9.96. The van der Waals surface area contributed by atoms with Crippen LogP contribution < -0.4 is 4.90 Å². The van der Waals surface area contributed by atoms with Crippen LogP contribution in [0.2, 0.25) is 0 Å². The highest BCUT2D eigenvalue weighted by atomic mass is 19.1. The number of urea groups is 1. The summed E-state index contributed by atoms with van der Waals surface area (Å²) < 4.78 is 13.4. The van der Waals surface area contributed by atoms with Crippen molar-refractivity contribution in [3.05, 3.63) is 83.7 Å². The maximum atomic E-state index is 13.5. The molecule has 1 aliphatic rings. The first kappa shape index (κ1) is 17.3. The predicted octanol–water partition coefficient (Wildman–Crippen LogP) is 4.14. The number of nitrogens with one attached hydrogen (secondary N) is 1. The maximum Gasteiger partial charge on any atom is 0.325 e. The van der Waals surface area contributed by atoms with Crippen LogP contribution in [0.3, 0.4) is 0 Å². The third-order valence-electron chi connectivity index (χ3n) is 4.97. The second kappa shape index (κ2) is 7.23. The molecule has 0 saturated heterocycles. The largest absolute Gasteiger partial charge is 0.348 e. The summed E-state index contributed by atoms with van der Waals surface area (Å²) in [5.74, 6) is -0.297. The summed E-state index contributed by atoms with van der Waals surface area (Å²) >= 11 is 0. The van der Waals surface area contributed by atoms with E-state index in [1.54, 1.807) is 23.4 Å². The number of aromatic amines is 1. The van der Waals surface area contributed by atoms with Gasteiger partial charge >= 0.3 is 6.03 Å². The lowest BCUT2D eigenvalue weighted by molar-refractivity contribution is 0.185. The normalized spacial score (nSPS) is 16.1. The van der Waals surface area contributed by atoms with E-state index in [1.165, 1.54) is 12.1 Å². The topological polar surface area (TPSA) is 52.2 Å². The van der Waals surface area contributed by atoms with Crippen LogP contribution >= 0.6 is 0 Å². The monoisotopic (exact) mass is 364 g/mol. The third-order valence-corrected chi connectivity index (χ3v) is 4.97. The SMILES string of the molecule is CCN(C(=O)N1CCc2[nH]cnc2C1c1ccc(F)cc1)c1ccccc1. The maximum absolute atomic E-state index is 13.5. The summed E-state index contributed by atoms with van der Waals surface area (Å²) in [7, 11) is 0. The van der Waals surface area contributed by atoms with Gasteiger partial charge < -0.3 is 9.88 Å². The highest BCUT2D eigenvalue weighted by Gasteiger charge is 2.36. The Labute approximate surface area is 157 Å². The first-order valence-corrected chi connectivity index (χ1v) is 9.10. The molecule has 27 heavy (non-hydrogen) atoms. The van der Waals surface area contributed by atoms with Gasteiger partial charge in [0.25, 0.3) is 0 Å². The van der Waals surface area contributed by atoms with E-state index in [2.05, 4.69) is 9.97 Å². The Bertz CT molecular complexity index is 923. The van der Waals surface area contributed by atoms with Gasteiger partial charge in [-0.3, -0.25) is 4.90 Å². The Hall–Kier alpha value is -3.15.